The van der Waals surface area contributed by atoms with E-state index in [-0.39, 0.29) is 5.56 Å². The third-order valence-electron chi connectivity index (χ3n) is 4.10. The Labute approximate surface area is 100 Å². The topological polar surface area (TPSA) is 62.2 Å². The molecule has 2 aliphatic carbocycles. The second-order valence-electron chi connectivity index (χ2n) is 5.13. The molecule has 2 saturated carbocycles. The van der Waals surface area contributed by atoms with Gasteiger partial charge in [0.2, 0.25) is 0 Å². The van der Waals surface area contributed by atoms with Crippen LogP contribution in [-0.2, 0) is 0 Å². The molecule has 4 nitrogen and oxygen atoms in total. The number of carbonyl (C=O) groups is 1. The van der Waals surface area contributed by atoms with Gasteiger partial charge in [0.25, 0.3) is 0 Å². The minimum atomic E-state index is -0.913. The molecule has 0 aromatic carbocycles. The highest BCUT2D eigenvalue weighted by molar-refractivity contribution is 5.93. The van der Waals surface area contributed by atoms with E-state index in [0.717, 1.165) is 5.92 Å². The number of anilines is 1. The van der Waals surface area contributed by atoms with E-state index in [1.807, 2.05) is 0 Å². The Morgan fingerprint density at radius 2 is 2.29 bits per heavy atom. The summed E-state index contributed by atoms with van der Waals surface area (Å²) in [6, 6.07) is 3.68. The van der Waals surface area contributed by atoms with E-state index < -0.39 is 5.97 Å². The molecule has 0 aliphatic heterocycles. The number of pyridine rings is 1. The van der Waals surface area contributed by atoms with Crippen molar-refractivity contribution in [2.24, 2.45) is 11.8 Å². The summed E-state index contributed by atoms with van der Waals surface area (Å²) >= 11 is 0. The number of carboxylic acid groups (broad SMARTS) is 1. The van der Waals surface area contributed by atoms with Gasteiger partial charge in [0, 0.05) is 12.2 Å². The first-order valence-electron chi connectivity index (χ1n) is 6.19. The molecule has 1 aromatic rings. The summed E-state index contributed by atoms with van der Waals surface area (Å²) in [6.07, 6.45) is 6.73. The largest absolute Gasteiger partial charge is 0.478 e. The number of carboxylic acids is 1. The SMILES string of the molecule is O=C(O)c1cccnc1N[C@@H]1C[C@H]2CC[C@H]1C2. The molecule has 2 N–H and O–H groups in total. The Morgan fingerprint density at radius 1 is 1.41 bits per heavy atom. The van der Waals surface area contributed by atoms with Crippen LogP contribution in [0.4, 0.5) is 5.82 Å². The Bertz CT molecular complexity index is 447. The van der Waals surface area contributed by atoms with Crippen LogP contribution in [0.5, 0.6) is 0 Å². The van der Waals surface area contributed by atoms with Crippen molar-refractivity contribution in [2.45, 2.75) is 31.7 Å². The zero-order valence-corrected chi connectivity index (χ0v) is 9.60. The lowest BCUT2D eigenvalue weighted by atomic mass is 9.95. The van der Waals surface area contributed by atoms with Gasteiger partial charge in [-0.25, -0.2) is 9.78 Å². The normalized spacial score (nSPS) is 30.5. The molecule has 3 rings (SSSR count). The van der Waals surface area contributed by atoms with Crippen molar-refractivity contribution in [3.8, 4) is 0 Å². The third kappa shape index (κ3) is 1.88. The quantitative estimate of drug-likeness (QED) is 0.840. The minimum absolute atomic E-state index is 0.273. The predicted octanol–water partition coefficient (Wildman–Crippen LogP) is 2.38. The van der Waals surface area contributed by atoms with E-state index in [2.05, 4.69) is 10.3 Å². The van der Waals surface area contributed by atoms with E-state index >= 15 is 0 Å². The Kier molecular flexibility index (Phi) is 2.50. The summed E-state index contributed by atoms with van der Waals surface area (Å²) < 4.78 is 0. The first-order valence-corrected chi connectivity index (χ1v) is 6.19. The zero-order chi connectivity index (χ0) is 11.8. The van der Waals surface area contributed by atoms with Gasteiger partial charge in [0.05, 0.1) is 0 Å². The van der Waals surface area contributed by atoms with Crippen molar-refractivity contribution in [1.82, 2.24) is 4.98 Å². The van der Waals surface area contributed by atoms with Gasteiger partial charge in [-0.2, -0.15) is 0 Å². The maximum Gasteiger partial charge on any atom is 0.339 e. The molecule has 0 radical (unpaired) electrons. The predicted molar refractivity (Wildman–Crippen MR) is 64.1 cm³/mol. The molecule has 90 valence electrons. The van der Waals surface area contributed by atoms with Crippen molar-refractivity contribution >= 4 is 11.8 Å². The molecule has 0 spiro atoms. The van der Waals surface area contributed by atoms with Crippen LogP contribution in [0.3, 0.4) is 0 Å². The fraction of sp³-hybridized carbons (Fsp3) is 0.538. The van der Waals surface area contributed by atoms with Gasteiger partial charge in [0.1, 0.15) is 11.4 Å². The number of nitrogens with one attached hydrogen (secondary N) is 1. The average molecular weight is 232 g/mol. The highest BCUT2D eigenvalue weighted by Gasteiger charge is 2.39. The van der Waals surface area contributed by atoms with E-state index in [1.165, 1.54) is 25.7 Å². The lowest BCUT2D eigenvalue weighted by Crippen LogP contribution is -2.27. The van der Waals surface area contributed by atoms with Crippen LogP contribution >= 0.6 is 0 Å². The van der Waals surface area contributed by atoms with Crippen LogP contribution in [0.25, 0.3) is 0 Å². The first kappa shape index (κ1) is 10.6. The Balaban J connectivity index is 1.79. The van der Waals surface area contributed by atoms with Crippen LogP contribution in [0.15, 0.2) is 18.3 Å². The number of nitrogens with zero attached hydrogens (tertiary/aromatic N) is 1. The molecule has 1 heterocycles. The van der Waals surface area contributed by atoms with Gasteiger partial charge in [-0.05, 0) is 43.2 Å². The highest BCUT2D eigenvalue weighted by Crippen LogP contribution is 2.45. The molecule has 2 bridgehead atoms. The van der Waals surface area contributed by atoms with Crippen LogP contribution in [0, 0.1) is 11.8 Å². The molecule has 17 heavy (non-hydrogen) atoms. The summed E-state index contributed by atoms with van der Waals surface area (Å²) in [7, 11) is 0. The van der Waals surface area contributed by atoms with Crippen LogP contribution < -0.4 is 5.32 Å². The minimum Gasteiger partial charge on any atom is -0.478 e. The summed E-state index contributed by atoms with van der Waals surface area (Å²) in [5.74, 6) is 1.17. The van der Waals surface area contributed by atoms with Gasteiger partial charge in [-0.1, -0.05) is 6.42 Å². The molecule has 1 aromatic heterocycles. The standard InChI is InChI=1S/C13H16N2O2/c16-13(17)10-2-1-5-14-12(10)15-11-7-8-3-4-9(11)6-8/h1-2,5,8-9,11H,3-4,6-7H2,(H,14,15)(H,16,17)/t8-,9-,11+/m0/s1. The molecule has 2 aliphatic rings. The third-order valence-corrected chi connectivity index (χ3v) is 4.10. The van der Waals surface area contributed by atoms with E-state index in [1.54, 1.807) is 18.3 Å². The van der Waals surface area contributed by atoms with Gasteiger partial charge in [-0.15, -0.1) is 0 Å². The summed E-state index contributed by atoms with van der Waals surface area (Å²) in [6.45, 7) is 0. The van der Waals surface area contributed by atoms with E-state index in [0.29, 0.717) is 17.8 Å². The van der Waals surface area contributed by atoms with Gasteiger partial charge in [-0.3, -0.25) is 0 Å². The molecule has 0 unspecified atom stereocenters. The molecule has 2 fully saturated rings. The fourth-order valence-corrected chi connectivity index (χ4v) is 3.29. The average Bonchev–Trinajstić information content (AvgIpc) is 2.91. The second kappa shape index (κ2) is 4.02. The van der Waals surface area contributed by atoms with Crippen molar-refractivity contribution in [2.75, 3.05) is 5.32 Å². The first-order chi connectivity index (χ1) is 8.24. The van der Waals surface area contributed by atoms with Gasteiger partial charge in [0.15, 0.2) is 0 Å². The second-order valence-corrected chi connectivity index (χ2v) is 5.13. The molecule has 4 heteroatoms. The van der Waals surface area contributed by atoms with Crippen molar-refractivity contribution in [3.05, 3.63) is 23.9 Å². The van der Waals surface area contributed by atoms with Crippen molar-refractivity contribution < 1.29 is 9.90 Å². The van der Waals surface area contributed by atoms with Crippen LogP contribution in [0.1, 0.15) is 36.0 Å². The fourth-order valence-electron chi connectivity index (χ4n) is 3.29. The smallest absolute Gasteiger partial charge is 0.339 e. The lowest BCUT2D eigenvalue weighted by Gasteiger charge is -2.23. The van der Waals surface area contributed by atoms with Crippen LogP contribution in [-0.4, -0.2) is 22.1 Å². The molecular formula is C13H16N2O2. The van der Waals surface area contributed by atoms with Crippen molar-refractivity contribution in [1.29, 1.82) is 0 Å². The van der Waals surface area contributed by atoms with Gasteiger partial charge >= 0.3 is 5.97 Å². The summed E-state index contributed by atoms with van der Waals surface area (Å²) in [5, 5.41) is 12.4. The van der Waals surface area contributed by atoms with E-state index in [4.69, 9.17) is 5.11 Å². The maximum atomic E-state index is 11.1. The molecule has 3 atom stereocenters. The van der Waals surface area contributed by atoms with Gasteiger partial charge < -0.3 is 10.4 Å². The van der Waals surface area contributed by atoms with E-state index in [9.17, 15) is 4.79 Å². The Morgan fingerprint density at radius 3 is 2.94 bits per heavy atom. The highest BCUT2D eigenvalue weighted by atomic mass is 16.4. The summed E-state index contributed by atoms with van der Waals surface area (Å²) in [4.78, 5) is 15.2. The zero-order valence-electron chi connectivity index (χ0n) is 9.60. The number of hydrogen-bond donors (Lipinski definition) is 2. The number of rotatable bonds is 3. The number of aromatic nitrogens is 1. The Hall–Kier alpha value is -1.58. The lowest BCUT2D eigenvalue weighted by molar-refractivity contribution is 0.0697. The van der Waals surface area contributed by atoms with Crippen LogP contribution in [0.2, 0.25) is 0 Å². The summed E-state index contributed by atoms with van der Waals surface area (Å²) in [5.41, 5.74) is 0.273. The van der Waals surface area contributed by atoms with Crippen molar-refractivity contribution in [3.63, 3.8) is 0 Å². The molecule has 0 amide bonds. The number of aromatic carboxylic acids is 1. The maximum absolute atomic E-state index is 11.1. The molecular weight excluding hydrogens is 216 g/mol. The molecule has 0 saturated heterocycles. The number of fused-ring (bicyclic) bond motifs is 2. The number of hydrogen-bond acceptors (Lipinski definition) is 3. The monoisotopic (exact) mass is 232 g/mol.